The topological polar surface area (TPSA) is 63.9 Å². The number of nitrogens with zero attached hydrogens (tertiary/aromatic N) is 3. The van der Waals surface area contributed by atoms with Crippen molar-refractivity contribution in [3.63, 3.8) is 0 Å². The normalized spacial score (nSPS) is 14.3. The highest BCUT2D eigenvalue weighted by Crippen LogP contribution is 2.28. The van der Waals surface area contributed by atoms with E-state index in [0.29, 0.717) is 12.2 Å². The fourth-order valence-corrected chi connectivity index (χ4v) is 3.24. The Morgan fingerprint density at radius 3 is 2.88 bits per heavy atom. The highest BCUT2D eigenvalue weighted by molar-refractivity contribution is 6.00. The number of ether oxygens (including phenoxy) is 1. The average molecular weight is 349 g/mol. The van der Waals surface area contributed by atoms with E-state index >= 15 is 0 Å². The fourth-order valence-electron chi connectivity index (χ4n) is 3.24. The van der Waals surface area contributed by atoms with Gasteiger partial charge in [0, 0.05) is 24.6 Å². The average Bonchev–Trinajstić information content (AvgIpc) is 3.24. The third-order valence-corrected chi connectivity index (χ3v) is 4.61. The molecule has 1 aromatic carbocycles. The van der Waals surface area contributed by atoms with Crippen LogP contribution in [0.15, 0.2) is 48.8 Å². The first-order chi connectivity index (χ1) is 12.5. The largest absolute Gasteiger partial charge is 0.448 e. The molecule has 1 unspecified atom stereocenters. The summed E-state index contributed by atoms with van der Waals surface area (Å²) in [6, 6.07) is 11.6. The minimum atomic E-state index is -0.875. The van der Waals surface area contributed by atoms with Crippen LogP contribution >= 0.6 is 0 Å². The maximum absolute atomic E-state index is 12.7. The summed E-state index contributed by atoms with van der Waals surface area (Å²) in [5.41, 5.74) is 3.94. The van der Waals surface area contributed by atoms with Gasteiger partial charge in [-0.25, -0.2) is 9.78 Å². The van der Waals surface area contributed by atoms with Crippen molar-refractivity contribution in [1.82, 2.24) is 9.38 Å². The summed E-state index contributed by atoms with van der Waals surface area (Å²) >= 11 is 0. The van der Waals surface area contributed by atoms with Crippen molar-refractivity contribution in [2.24, 2.45) is 0 Å². The number of carbonyl (C=O) groups is 2. The van der Waals surface area contributed by atoms with Crippen LogP contribution in [0.25, 0.3) is 5.65 Å². The van der Waals surface area contributed by atoms with Crippen LogP contribution in [-0.4, -0.2) is 33.9 Å². The Hall–Kier alpha value is -3.15. The lowest BCUT2D eigenvalue weighted by molar-refractivity contribution is -0.126. The third kappa shape index (κ3) is 2.83. The number of hydrogen-bond acceptors (Lipinski definition) is 4. The quantitative estimate of drug-likeness (QED) is 0.682. The highest BCUT2D eigenvalue weighted by atomic mass is 16.5. The van der Waals surface area contributed by atoms with E-state index in [1.807, 2.05) is 49.5 Å². The number of anilines is 1. The van der Waals surface area contributed by atoms with Crippen LogP contribution in [0.3, 0.4) is 0 Å². The van der Waals surface area contributed by atoms with Gasteiger partial charge in [-0.1, -0.05) is 18.2 Å². The molecule has 3 heterocycles. The van der Waals surface area contributed by atoms with Crippen molar-refractivity contribution in [3.8, 4) is 0 Å². The Balaban J connectivity index is 1.49. The molecule has 1 aliphatic heterocycles. The van der Waals surface area contributed by atoms with Gasteiger partial charge in [0.15, 0.2) is 11.8 Å². The number of esters is 1. The molecule has 4 rings (SSSR count). The summed E-state index contributed by atoms with van der Waals surface area (Å²) in [6.07, 6.45) is 3.39. The van der Waals surface area contributed by atoms with Crippen molar-refractivity contribution in [2.75, 3.05) is 11.4 Å². The van der Waals surface area contributed by atoms with Gasteiger partial charge in [-0.15, -0.1) is 0 Å². The van der Waals surface area contributed by atoms with E-state index in [1.54, 1.807) is 22.4 Å². The maximum Gasteiger partial charge on any atom is 0.359 e. The Labute approximate surface area is 151 Å². The van der Waals surface area contributed by atoms with Crippen molar-refractivity contribution in [2.45, 2.75) is 26.4 Å². The van der Waals surface area contributed by atoms with E-state index in [0.717, 1.165) is 23.2 Å². The van der Waals surface area contributed by atoms with E-state index in [-0.39, 0.29) is 11.6 Å². The zero-order valence-electron chi connectivity index (χ0n) is 14.7. The molecule has 0 saturated heterocycles. The molecule has 0 aliphatic carbocycles. The van der Waals surface area contributed by atoms with Crippen LogP contribution in [0.2, 0.25) is 0 Å². The Morgan fingerprint density at radius 2 is 2.04 bits per heavy atom. The lowest BCUT2D eigenvalue weighted by Crippen LogP contribution is -2.39. The van der Waals surface area contributed by atoms with Gasteiger partial charge in [-0.05, 0) is 49.6 Å². The molecular weight excluding hydrogens is 330 g/mol. The van der Waals surface area contributed by atoms with Crippen LogP contribution in [0.1, 0.15) is 28.5 Å². The molecule has 0 fully saturated rings. The predicted molar refractivity (Wildman–Crippen MR) is 97.3 cm³/mol. The van der Waals surface area contributed by atoms with Crippen molar-refractivity contribution in [1.29, 1.82) is 0 Å². The summed E-state index contributed by atoms with van der Waals surface area (Å²) in [7, 11) is 0. The molecule has 1 amide bonds. The molecule has 0 bridgehead atoms. The molecule has 0 radical (unpaired) electrons. The maximum atomic E-state index is 12.7. The first-order valence-electron chi connectivity index (χ1n) is 8.58. The van der Waals surface area contributed by atoms with E-state index < -0.39 is 12.1 Å². The fraction of sp³-hybridized carbons (Fsp3) is 0.250. The first kappa shape index (κ1) is 16.3. The number of amides is 1. The van der Waals surface area contributed by atoms with E-state index in [9.17, 15) is 9.59 Å². The Morgan fingerprint density at radius 1 is 1.23 bits per heavy atom. The number of imidazole rings is 1. The molecule has 26 heavy (non-hydrogen) atoms. The number of pyridine rings is 1. The van der Waals surface area contributed by atoms with Gasteiger partial charge >= 0.3 is 5.97 Å². The molecule has 3 aromatic rings. The minimum Gasteiger partial charge on any atom is -0.448 e. The first-order valence-corrected chi connectivity index (χ1v) is 8.58. The third-order valence-electron chi connectivity index (χ3n) is 4.61. The highest BCUT2D eigenvalue weighted by Gasteiger charge is 2.30. The molecule has 132 valence electrons. The second kappa shape index (κ2) is 6.29. The van der Waals surface area contributed by atoms with Gasteiger partial charge in [0.05, 0.1) is 0 Å². The van der Waals surface area contributed by atoms with Crippen LogP contribution in [0, 0.1) is 6.92 Å². The van der Waals surface area contributed by atoms with Gasteiger partial charge in [0.25, 0.3) is 5.91 Å². The van der Waals surface area contributed by atoms with E-state index in [1.165, 1.54) is 0 Å². The number of benzene rings is 1. The lowest BCUT2D eigenvalue weighted by atomic mass is 10.2. The molecule has 0 N–H and O–H groups in total. The molecule has 0 saturated carbocycles. The number of fused-ring (bicyclic) bond motifs is 2. The van der Waals surface area contributed by atoms with Gasteiger partial charge in [0.2, 0.25) is 0 Å². The molecule has 0 spiro atoms. The number of aromatic nitrogens is 2. The molecule has 6 heteroatoms. The van der Waals surface area contributed by atoms with E-state index in [4.69, 9.17) is 4.74 Å². The molecule has 6 nitrogen and oxygen atoms in total. The second-order valence-electron chi connectivity index (χ2n) is 6.51. The zero-order chi connectivity index (χ0) is 18.3. The molecule has 1 aliphatic rings. The van der Waals surface area contributed by atoms with Crippen LogP contribution < -0.4 is 4.90 Å². The van der Waals surface area contributed by atoms with Gasteiger partial charge in [0.1, 0.15) is 5.65 Å². The summed E-state index contributed by atoms with van der Waals surface area (Å²) in [4.78, 5) is 31.1. The number of para-hydroxylation sites is 1. The van der Waals surface area contributed by atoms with Gasteiger partial charge < -0.3 is 14.0 Å². The second-order valence-corrected chi connectivity index (χ2v) is 6.51. The zero-order valence-corrected chi connectivity index (χ0v) is 14.7. The van der Waals surface area contributed by atoms with Gasteiger partial charge in [-0.2, -0.15) is 0 Å². The molecular formula is C20H19N3O3. The SMILES string of the molecule is Cc1ccn2cc(C(=O)OC(C)C(=O)N3CCc4ccccc43)nc2c1. The predicted octanol–water partition coefficient (Wildman–Crippen LogP) is 2.78. The van der Waals surface area contributed by atoms with Crippen LogP contribution in [0.5, 0.6) is 0 Å². The van der Waals surface area contributed by atoms with Crippen LogP contribution in [-0.2, 0) is 16.0 Å². The summed E-state index contributed by atoms with van der Waals surface area (Å²) in [6.45, 7) is 4.16. The Bertz CT molecular complexity index is 1010. The summed E-state index contributed by atoms with van der Waals surface area (Å²) in [5, 5.41) is 0. The number of hydrogen-bond donors (Lipinski definition) is 0. The number of rotatable bonds is 3. The monoisotopic (exact) mass is 349 g/mol. The van der Waals surface area contributed by atoms with E-state index in [2.05, 4.69) is 4.98 Å². The molecule has 2 aromatic heterocycles. The molecule has 1 atom stereocenters. The number of carbonyl (C=O) groups excluding carboxylic acids is 2. The smallest absolute Gasteiger partial charge is 0.359 e. The Kier molecular flexibility index (Phi) is 3.95. The van der Waals surface area contributed by atoms with Crippen molar-refractivity contribution >= 4 is 23.2 Å². The summed E-state index contributed by atoms with van der Waals surface area (Å²) < 4.78 is 7.14. The number of aryl methyl sites for hydroxylation is 1. The van der Waals surface area contributed by atoms with Crippen molar-refractivity contribution in [3.05, 3.63) is 65.6 Å². The van der Waals surface area contributed by atoms with Gasteiger partial charge in [-0.3, -0.25) is 4.79 Å². The van der Waals surface area contributed by atoms with Crippen molar-refractivity contribution < 1.29 is 14.3 Å². The summed E-state index contributed by atoms with van der Waals surface area (Å²) in [5.74, 6) is -0.817. The standard InChI is InChI=1S/C20H19N3O3/c1-13-7-9-22-12-16(21-18(22)11-13)20(25)26-14(2)19(24)23-10-8-15-5-3-4-6-17(15)23/h3-7,9,11-12,14H,8,10H2,1-2H3. The van der Waals surface area contributed by atoms with Crippen LogP contribution in [0.4, 0.5) is 5.69 Å². The minimum absolute atomic E-state index is 0.192. The lowest BCUT2D eigenvalue weighted by Gasteiger charge is -2.21.